The first kappa shape index (κ1) is 11.1. The third kappa shape index (κ3) is 3.85. The molecule has 0 spiro atoms. The highest BCUT2D eigenvalue weighted by Crippen LogP contribution is 2.55. The van der Waals surface area contributed by atoms with Crippen LogP contribution in [0.4, 0.5) is 0 Å². The zero-order valence-electron chi connectivity index (χ0n) is 7.83. The van der Waals surface area contributed by atoms with E-state index in [1.54, 1.807) is 0 Å². The quantitative estimate of drug-likeness (QED) is 0.644. The Morgan fingerprint density at radius 3 is 2.18 bits per heavy atom. The van der Waals surface area contributed by atoms with Gasteiger partial charge in [-0.1, -0.05) is 6.92 Å². The third-order valence-corrected chi connectivity index (χ3v) is 3.37. The third-order valence-electron chi connectivity index (χ3n) is 1.51. The normalized spacial score (nSPS) is 16.7. The molecule has 1 unspecified atom stereocenters. The van der Waals surface area contributed by atoms with Crippen molar-refractivity contribution in [2.24, 2.45) is 5.73 Å². The van der Waals surface area contributed by atoms with Crippen molar-refractivity contribution in [2.45, 2.75) is 26.3 Å². The number of rotatable bonds is 3. The van der Waals surface area contributed by atoms with E-state index in [0.717, 1.165) is 11.7 Å². The van der Waals surface area contributed by atoms with Gasteiger partial charge in [0.25, 0.3) is 0 Å². The molecule has 0 aliphatic carbocycles. The summed E-state index contributed by atoms with van der Waals surface area (Å²) in [4.78, 5) is 9.74. The summed E-state index contributed by atoms with van der Waals surface area (Å²) < 4.78 is 0. The second kappa shape index (κ2) is 4.20. The van der Waals surface area contributed by atoms with Gasteiger partial charge < -0.3 is 5.73 Å². The number of allylic oxidation sites excluding steroid dienone is 1. The average molecular weight is 176 g/mol. The molecule has 0 aliphatic rings. The molecule has 11 heavy (non-hydrogen) atoms. The van der Waals surface area contributed by atoms with E-state index in [1.165, 1.54) is 0 Å². The molecule has 1 atom stereocenters. The molecule has 0 radical (unpaired) electrons. The summed E-state index contributed by atoms with van der Waals surface area (Å²) in [5, 5.41) is 1.03. The van der Waals surface area contributed by atoms with E-state index in [2.05, 4.69) is 6.92 Å². The van der Waals surface area contributed by atoms with Gasteiger partial charge in [0.15, 0.2) is 7.49 Å². The van der Waals surface area contributed by atoms with E-state index in [9.17, 15) is 4.89 Å². The van der Waals surface area contributed by atoms with Crippen LogP contribution in [0.25, 0.3) is 0 Å². The first-order valence-corrected chi connectivity index (χ1v) is 6.56. The zero-order chi connectivity index (χ0) is 9.07. The second-order valence-corrected chi connectivity index (χ2v) is 6.53. The summed E-state index contributed by atoms with van der Waals surface area (Å²) in [6.45, 7) is 7.72. The fraction of sp³-hybridized carbons (Fsp3) is 0.750. The Morgan fingerprint density at radius 1 is 1.64 bits per heavy atom. The van der Waals surface area contributed by atoms with Gasteiger partial charge in [0.05, 0.1) is 19.4 Å². The van der Waals surface area contributed by atoms with E-state index in [-0.39, 0.29) is 6.04 Å². The van der Waals surface area contributed by atoms with Gasteiger partial charge in [-0.15, -0.1) is 0 Å². The molecule has 0 aromatic heterocycles. The zero-order valence-corrected chi connectivity index (χ0v) is 8.73. The minimum atomic E-state index is -1.86. The SMILES string of the molecule is CC/C=C(\C(C)N)[P+](C)(C)O. The van der Waals surface area contributed by atoms with Gasteiger partial charge in [-0.25, -0.2) is 4.89 Å². The van der Waals surface area contributed by atoms with E-state index >= 15 is 0 Å². The van der Waals surface area contributed by atoms with Crippen LogP contribution in [0.1, 0.15) is 20.3 Å². The number of hydrogen-bond acceptors (Lipinski definition) is 2. The Labute approximate surface area is 69.9 Å². The van der Waals surface area contributed by atoms with Crippen molar-refractivity contribution in [3.8, 4) is 0 Å². The van der Waals surface area contributed by atoms with E-state index < -0.39 is 7.49 Å². The van der Waals surface area contributed by atoms with Crippen molar-refractivity contribution in [3.05, 3.63) is 11.4 Å². The van der Waals surface area contributed by atoms with Crippen LogP contribution in [0.3, 0.4) is 0 Å². The van der Waals surface area contributed by atoms with Crippen molar-refractivity contribution < 1.29 is 4.89 Å². The Bertz CT molecular complexity index is 147. The molecule has 2 nitrogen and oxygen atoms in total. The van der Waals surface area contributed by atoms with Crippen molar-refractivity contribution >= 4 is 7.49 Å². The van der Waals surface area contributed by atoms with Crippen LogP contribution in [-0.2, 0) is 0 Å². The van der Waals surface area contributed by atoms with Gasteiger partial charge in [-0.2, -0.15) is 0 Å². The summed E-state index contributed by atoms with van der Waals surface area (Å²) in [5.41, 5.74) is 5.71. The topological polar surface area (TPSA) is 46.2 Å². The van der Waals surface area contributed by atoms with Crippen LogP contribution in [0.5, 0.6) is 0 Å². The van der Waals surface area contributed by atoms with E-state index in [0.29, 0.717) is 0 Å². The van der Waals surface area contributed by atoms with Crippen LogP contribution >= 0.6 is 7.49 Å². The molecule has 0 aromatic carbocycles. The molecule has 0 fully saturated rings. The van der Waals surface area contributed by atoms with Gasteiger partial charge >= 0.3 is 0 Å². The Hall–Kier alpha value is 0.0900. The molecule has 0 amide bonds. The second-order valence-electron chi connectivity index (χ2n) is 3.22. The molecule has 0 aliphatic heterocycles. The predicted molar refractivity (Wildman–Crippen MR) is 53.0 cm³/mol. The molecule has 3 heteroatoms. The minimum absolute atomic E-state index is 0.0108. The molecular formula is C8H19NOP+. The molecule has 0 rings (SSSR count). The lowest BCUT2D eigenvalue weighted by Gasteiger charge is -2.16. The number of nitrogens with two attached hydrogens (primary N) is 1. The molecule has 0 saturated heterocycles. The lowest BCUT2D eigenvalue weighted by Crippen LogP contribution is -2.19. The first-order valence-electron chi connectivity index (χ1n) is 3.92. The highest BCUT2D eigenvalue weighted by molar-refractivity contribution is 7.73. The molecule has 0 aromatic rings. The van der Waals surface area contributed by atoms with Gasteiger partial charge in [0.1, 0.15) is 5.31 Å². The largest absolute Gasteiger partial charge is 0.321 e. The smallest absolute Gasteiger partial charge is 0.165 e. The lowest BCUT2D eigenvalue weighted by atomic mass is 10.3. The standard InChI is InChI=1S/C8H19NOP/c1-5-6-8(7(2)9)11(3,4)10/h6-7,10H,5,9H2,1-4H3/q+1/b8-6+. The summed E-state index contributed by atoms with van der Waals surface area (Å²) in [7, 11) is -1.86. The monoisotopic (exact) mass is 176 g/mol. The van der Waals surface area contributed by atoms with Gasteiger partial charge in [-0.05, 0) is 19.4 Å². The summed E-state index contributed by atoms with van der Waals surface area (Å²) in [5.74, 6) is 0. The predicted octanol–water partition coefficient (Wildman–Crippen LogP) is 1.81. The Balaban J connectivity index is 4.49. The molecule has 0 heterocycles. The maximum Gasteiger partial charge on any atom is 0.165 e. The maximum absolute atomic E-state index is 9.74. The van der Waals surface area contributed by atoms with Crippen molar-refractivity contribution in [2.75, 3.05) is 13.3 Å². The van der Waals surface area contributed by atoms with Gasteiger partial charge in [0, 0.05) is 0 Å². The van der Waals surface area contributed by atoms with Crippen LogP contribution in [0.15, 0.2) is 11.4 Å². The molecular weight excluding hydrogens is 157 g/mol. The van der Waals surface area contributed by atoms with Crippen molar-refractivity contribution in [1.29, 1.82) is 0 Å². The van der Waals surface area contributed by atoms with Gasteiger partial charge in [-0.3, -0.25) is 0 Å². The summed E-state index contributed by atoms with van der Waals surface area (Å²) in [6.07, 6.45) is 2.99. The maximum atomic E-state index is 9.74. The number of hydrogen-bond donors (Lipinski definition) is 2. The van der Waals surface area contributed by atoms with Crippen LogP contribution in [0.2, 0.25) is 0 Å². The van der Waals surface area contributed by atoms with Crippen molar-refractivity contribution in [1.82, 2.24) is 0 Å². The molecule has 0 saturated carbocycles. The first-order chi connectivity index (χ1) is 4.89. The Kier molecular flexibility index (Phi) is 4.23. The fourth-order valence-electron chi connectivity index (χ4n) is 1.12. The average Bonchev–Trinajstić information content (AvgIpc) is 1.79. The Morgan fingerprint density at radius 2 is 2.09 bits per heavy atom. The van der Waals surface area contributed by atoms with Crippen molar-refractivity contribution in [3.63, 3.8) is 0 Å². The van der Waals surface area contributed by atoms with Crippen LogP contribution < -0.4 is 5.73 Å². The molecule has 66 valence electrons. The van der Waals surface area contributed by atoms with Crippen LogP contribution in [-0.4, -0.2) is 24.3 Å². The molecule has 0 bridgehead atoms. The summed E-state index contributed by atoms with van der Waals surface area (Å²) in [6, 6.07) is -0.0108. The highest BCUT2D eigenvalue weighted by Gasteiger charge is 2.30. The summed E-state index contributed by atoms with van der Waals surface area (Å²) >= 11 is 0. The lowest BCUT2D eigenvalue weighted by molar-refractivity contribution is 0.615. The van der Waals surface area contributed by atoms with Gasteiger partial charge in [0.2, 0.25) is 0 Å². The minimum Gasteiger partial charge on any atom is -0.321 e. The van der Waals surface area contributed by atoms with Crippen LogP contribution in [0, 0.1) is 0 Å². The van der Waals surface area contributed by atoms with E-state index in [4.69, 9.17) is 5.73 Å². The van der Waals surface area contributed by atoms with E-state index in [1.807, 2.05) is 26.3 Å². The molecule has 3 N–H and O–H groups in total. The highest BCUT2D eigenvalue weighted by atomic mass is 31.2. The fourth-order valence-corrected chi connectivity index (χ4v) is 2.74.